The number of amides is 1. The van der Waals surface area contributed by atoms with Crippen molar-refractivity contribution >= 4 is 27.0 Å². The predicted molar refractivity (Wildman–Crippen MR) is 123 cm³/mol. The Morgan fingerprint density at radius 3 is 2.25 bits per heavy atom. The number of aryl methyl sites for hydroxylation is 3. The number of fused-ring (bicyclic) bond motifs is 1. The minimum absolute atomic E-state index is 0.116. The fourth-order valence-corrected chi connectivity index (χ4v) is 5.64. The summed E-state index contributed by atoms with van der Waals surface area (Å²) < 4.78 is 29.3. The van der Waals surface area contributed by atoms with Gasteiger partial charge in [0.25, 0.3) is 5.91 Å². The van der Waals surface area contributed by atoms with Gasteiger partial charge in [-0.25, -0.2) is 13.4 Å². The fraction of sp³-hybridized carbons (Fsp3) is 0.435. The Balaban J connectivity index is 1.53. The number of benzene rings is 1. The Labute approximate surface area is 188 Å². The molecule has 0 atom stereocenters. The lowest BCUT2D eigenvalue weighted by Crippen LogP contribution is -2.50. The van der Waals surface area contributed by atoms with E-state index in [1.54, 1.807) is 27.8 Å². The molecule has 9 heteroatoms. The molecule has 3 heterocycles. The van der Waals surface area contributed by atoms with Crippen LogP contribution in [0, 0.1) is 13.8 Å². The fourth-order valence-electron chi connectivity index (χ4n) is 4.21. The van der Waals surface area contributed by atoms with E-state index in [9.17, 15) is 13.2 Å². The highest BCUT2D eigenvalue weighted by molar-refractivity contribution is 7.89. The van der Waals surface area contributed by atoms with Crippen molar-refractivity contribution in [2.75, 3.05) is 26.2 Å². The molecule has 1 saturated heterocycles. The first-order chi connectivity index (χ1) is 15.1. The summed E-state index contributed by atoms with van der Waals surface area (Å²) in [6, 6.07) is 8.86. The zero-order valence-corrected chi connectivity index (χ0v) is 20.0. The Hall–Kier alpha value is -2.78. The molecule has 1 fully saturated rings. The molecule has 0 N–H and O–H groups in total. The summed E-state index contributed by atoms with van der Waals surface area (Å²) in [5, 5.41) is 5.16. The molecule has 0 aliphatic carbocycles. The van der Waals surface area contributed by atoms with Crippen LogP contribution in [0.4, 0.5) is 0 Å². The van der Waals surface area contributed by atoms with Gasteiger partial charge in [0, 0.05) is 38.9 Å². The summed E-state index contributed by atoms with van der Waals surface area (Å²) >= 11 is 0. The molecule has 0 spiro atoms. The number of carbonyl (C=O) groups is 1. The van der Waals surface area contributed by atoms with Crippen molar-refractivity contribution < 1.29 is 13.2 Å². The second-order valence-electron chi connectivity index (χ2n) is 8.64. The number of pyridine rings is 1. The first-order valence-electron chi connectivity index (χ1n) is 10.8. The van der Waals surface area contributed by atoms with Crippen LogP contribution in [0.25, 0.3) is 11.0 Å². The van der Waals surface area contributed by atoms with Gasteiger partial charge in [-0.2, -0.15) is 9.40 Å². The van der Waals surface area contributed by atoms with Crippen LogP contribution in [0.3, 0.4) is 0 Å². The van der Waals surface area contributed by atoms with Crippen molar-refractivity contribution in [3.63, 3.8) is 0 Å². The average molecular weight is 456 g/mol. The van der Waals surface area contributed by atoms with E-state index in [-0.39, 0.29) is 19.0 Å². The Kier molecular flexibility index (Phi) is 5.81. The van der Waals surface area contributed by atoms with Gasteiger partial charge in [-0.3, -0.25) is 9.48 Å². The number of carbonyl (C=O) groups excluding carboxylic acids is 1. The maximum Gasteiger partial charge on any atom is 0.254 e. The van der Waals surface area contributed by atoms with E-state index in [0.29, 0.717) is 35.1 Å². The van der Waals surface area contributed by atoms with Crippen molar-refractivity contribution in [2.24, 2.45) is 7.05 Å². The average Bonchev–Trinajstić information content (AvgIpc) is 3.06. The molecule has 2 aromatic heterocycles. The van der Waals surface area contributed by atoms with Gasteiger partial charge >= 0.3 is 0 Å². The van der Waals surface area contributed by atoms with Gasteiger partial charge < -0.3 is 4.90 Å². The quantitative estimate of drug-likeness (QED) is 0.604. The lowest BCUT2D eigenvalue weighted by atomic mass is 10.0. The lowest BCUT2D eigenvalue weighted by Gasteiger charge is -2.34. The van der Waals surface area contributed by atoms with E-state index in [2.05, 4.69) is 23.9 Å². The molecule has 4 rings (SSSR count). The van der Waals surface area contributed by atoms with Crippen molar-refractivity contribution in [3.8, 4) is 0 Å². The van der Waals surface area contributed by atoms with Crippen LogP contribution in [0.1, 0.15) is 47.1 Å². The van der Waals surface area contributed by atoms with Gasteiger partial charge in [0.2, 0.25) is 10.0 Å². The zero-order valence-electron chi connectivity index (χ0n) is 19.2. The van der Waals surface area contributed by atoms with E-state index in [1.165, 1.54) is 4.31 Å². The maximum atomic E-state index is 13.3. The molecule has 170 valence electrons. The molecule has 3 aromatic rings. The minimum Gasteiger partial charge on any atom is -0.336 e. The summed E-state index contributed by atoms with van der Waals surface area (Å²) in [5.74, 6) is 0.225. The highest BCUT2D eigenvalue weighted by Crippen LogP contribution is 2.25. The number of nitrogens with zero attached hydrogens (tertiary/aromatic N) is 5. The zero-order chi connectivity index (χ0) is 23.2. The molecule has 32 heavy (non-hydrogen) atoms. The van der Waals surface area contributed by atoms with Gasteiger partial charge in [0.15, 0.2) is 5.65 Å². The Bertz CT molecular complexity index is 1270. The number of aromatic nitrogens is 3. The monoisotopic (exact) mass is 455 g/mol. The van der Waals surface area contributed by atoms with E-state index in [4.69, 9.17) is 0 Å². The van der Waals surface area contributed by atoms with Crippen LogP contribution in [0.15, 0.2) is 35.2 Å². The second kappa shape index (κ2) is 8.29. The molecule has 1 amide bonds. The summed E-state index contributed by atoms with van der Waals surface area (Å²) in [6.07, 6.45) is 0. The summed E-state index contributed by atoms with van der Waals surface area (Å²) in [4.78, 5) is 19.9. The van der Waals surface area contributed by atoms with E-state index < -0.39 is 10.0 Å². The summed E-state index contributed by atoms with van der Waals surface area (Å²) in [5.41, 5.74) is 3.85. The van der Waals surface area contributed by atoms with Crippen LogP contribution in [0.5, 0.6) is 0 Å². The van der Waals surface area contributed by atoms with Gasteiger partial charge in [-0.05, 0) is 43.5 Å². The molecule has 0 radical (unpaired) electrons. The van der Waals surface area contributed by atoms with Crippen molar-refractivity contribution in [3.05, 3.63) is 52.8 Å². The largest absolute Gasteiger partial charge is 0.336 e. The maximum absolute atomic E-state index is 13.3. The Morgan fingerprint density at radius 1 is 1.03 bits per heavy atom. The number of hydrogen-bond donors (Lipinski definition) is 0. The smallest absolute Gasteiger partial charge is 0.254 e. The first kappa shape index (κ1) is 22.4. The van der Waals surface area contributed by atoms with Crippen molar-refractivity contribution in [1.29, 1.82) is 0 Å². The van der Waals surface area contributed by atoms with Crippen molar-refractivity contribution in [1.82, 2.24) is 24.0 Å². The number of rotatable bonds is 4. The summed E-state index contributed by atoms with van der Waals surface area (Å²) in [7, 11) is -1.78. The molecule has 0 saturated carbocycles. The number of sulfonamides is 1. The highest BCUT2D eigenvalue weighted by atomic mass is 32.2. The predicted octanol–water partition coefficient (Wildman–Crippen LogP) is 2.86. The van der Waals surface area contributed by atoms with Crippen LogP contribution < -0.4 is 0 Å². The second-order valence-corrected chi connectivity index (χ2v) is 10.6. The number of piperazine rings is 1. The molecule has 0 unspecified atom stereocenters. The topological polar surface area (TPSA) is 88.4 Å². The minimum atomic E-state index is -3.59. The van der Waals surface area contributed by atoms with Crippen LogP contribution in [-0.2, 0) is 17.1 Å². The molecule has 1 aliphatic rings. The third kappa shape index (κ3) is 3.91. The van der Waals surface area contributed by atoms with Gasteiger partial charge in [0.1, 0.15) is 0 Å². The third-order valence-electron chi connectivity index (χ3n) is 6.04. The normalized spacial score (nSPS) is 15.6. The molecule has 1 aliphatic heterocycles. The highest BCUT2D eigenvalue weighted by Gasteiger charge is 2.31. The standard InChI is InChI=1S/C23H29N5O3S/c1-15(2)18-6-8-19(9-7-18)32(30,31)28-12-10-27(11-13-28)23(29)20-14-16(3)24-22-21(20)17(4)25-26(22)5/h6-9,14-15H,10-13H2,1-5H3. The molecular formula is C23H29N5O3S. The third-order valence-corrected chi connectivity index (χ3v) is 7.95. The van der Waals surface area contributed by atoms with Crippen LogP contribution in [-0.4, -0.2) is 64.5 Å². The first-order valence-corrected chi connectivity index (χ1v) is 12.2. The van der Waals surface area contributed by atoms with E-state index in [0.717, 1.165) is 22.3 Å². The van der Waals surface area contributed by atoms with Gasteiger partial charge in [0.05, 0.1) is 21.5 Å². The Morgan fingerprint density at radius 2 is 1.66 bits per heavy atom. The van der Waals surface area contributed by atoms with E-state index >= 15 is 0 Å². The van der Waals surface area contributed by atoms with Gasteiger partial charge in [-0.1, -0.05) is 26.0 Å². The summed E-state index contributed by atoms with van der Waals surface area (Å²) in [6.45, 7) is 9.07. The number of hydrogen-bond acceptors (Lipinski definition) is 5. The SMILES string of the molecule is Cc1cc(C(=O)N2CCN(S(=O)(=O)c3ccc(C(C)C)cc3)CC2)c2c(C)nn(C)c2n1. The molecule has 0 bridgehead atoms. The van der Waals surface area contributed by atoms with Crippen LogP contribution >= 0.6 is 0 Å². The van der Waals surface area contributed by atoms with Crippen molar-refractivity contribution in [2.45, 2.75) is 38.5 Å². The molecule has 8 nitrogen and oxygen atoms in total. The molecule has 1 aromatic carbocycles. The van der Waals surface area contributed by atoms with Gasteiger partial charge in [-0.15, -0.1) is 0 Å². The van der Waals surface area contributed by atoms with Crippen LogP contribution in [0.2, 0.25) is 0 Å². The van der Waals surface area contributed by atoms with E-state index in [1.807, 2.05) is 33.0 Å². The lowest BCUT2D eigenvalue weighted by molar-refractivity contribution is 0.0699. The molecular weight excluding hydrogens is 426 g/mol.